The number of anilines is 2. The molecule has 2 heterocycles. The molecule has 108 valence electrons. The van der Waals surface area contributed by atoms with Crippen LogP contribution in [0.3, 0.4) is 0 Å². The van der Waals surface area contributed by atoms with Crippen LogP contribution in [0, 0.1) is 0 Å². The Labute approximate surface area is 128 Å². The summed E-state index contributed by atoms with van der Waals surface area (Å²) in [5.74, 6) is 0.189. The fraction of sp³-hybridized carbons (Fsp3) is 0.267. The molecule has 1 amide bonds. The standard InChI is InChI=1S/C15H15ClN4O/c1-10(14(21)19-15-17-7-3-8-18-15)20-9-6-11-12(16)4-2-5-13(11)20/h2-5,7-8,10H,6,9H2,1H3,(H,17,18,19,21)/t10-/m0/s1. The molecule has 6 heteroatoms. The maximum Gasteiger partial charge on any atom is 0.249 e. The molecule has 1 aromatic carbocycles. The number of aromatic nitrogens is 2. The molecule has 0 spiro atoms. The number of carbonyl (C=O) groups is 1. The highest BCUT2D eigenvalue weighted by atomic mass is 35.5. The Hall–Kier alpha value is -2.14. The monoisotopic (exact) mass is 302 g/mol. The Bertz CT molecular complexity index is 662. The van der Waals surface area contributed by atoms with Crippen LogP contribution >= 0.6 is 11.6 Å². The highest BCUT2D eigenvalue weighted by Crippen LogP contribution is 2.34. The minimum atomic E-state index is -0.312. The first-order valence-electron chi connectivity index (χ1n) is 6.79. The van der Waals surface area contributed by atoms with E-state index >= 15 is 0 Å². The van der Waals surface area contributed by atoms with Gasteiger partial charge in [0.05, 0.1) is 0 Å². The lowest BCUT2D eigenvalue weighted by Gasteiger charge is -2.26. The van der Waals surface area contributed by atoms with Gasteiger partial charge in [-0.1, -0.05) is 17.7 Å². The molecule has 1 N–H and O–H groups in total. The molecule has 1 atom stereocenters. The van der Waals surface area contributed by atoms with Crippen LogP contribution in [0.15, 0.2) is 36.7 Å². The average molecular weight is 303 g/mol. The normalized spacial score (nSPS) is 14.7. The summed E-state index contributed by atoms with van der Waals surface area (Å²) in [6.45, 7) is 2.65. The maximum absolute atomic E-state index is 12.3. The fourth-order valence-electron chi connectivity index (χ4n) is 2.54. The summed E-state index contributed by atoms with van der Waals surface area (Å²) in [6, 6.07) is 7.18. The second-order valence-electron chi connectivity index (χ2n) is 4.92. The van der Waals surface area contributed by atoms with Crippen LogP contribution in [0.5, 0.6) is 0 Å². The van der Waals surface area contributed by atoms with E-state index in [2.05, 4.69) is 20.2 Å². The SMILES string of the molecule is C[C@@H](C(=O)Nc1ncccn1)N1CCc2c(Cl)cccc21. The Morgan fingerprint density at radius 2 is 2.10 bits per heavy atom. The van der Waals surface area contributed by atoms with E-state index in [1.807, 2.05) is 25.1 Å². The van der Waals surface area contributed by atoms with Gasteiger partial charge in [0.1, 0.15) is 6.04 Å². The van der Waals surface area contributed by atoms with Crippen molar-refractivity contribution in [3.8, 4) is 0 Å². The highest BCUT2D eigenvalue weighted by Gasteiger charge is 2.29. The van der Waals surface area contributed by atoms with Crippen molar-refractivity contribution in [1.82, 2.24) is 9.97 Å². The second kappa shape index (κ2) is 5.69. The smallest absolute Gasteiger partial charge is 0.249 e. The third kappa shape index (κ3) is 2.69. The predicted molar refractivity (Wildman–Crippen MR) is 82.6 cm³/mol. The number of hydrogen-bond donors (Lipinski definition) is 1. The molecule has 21 heavy (non-hydrogen) atoms. The summed E-state index contributed by atoms with van der Waals surface area (Å²) < 4.78 is 0. The van der Waals surface area contributed by atoms with Gasteiger partial charge in [-0.2, -0.15) is 0 Å². The van der Waals surface area contributed by atoms with E-state index < -0.39 is 0 Å². The number of amides is 1. The predicted octanol–water partition coefficient (Wildman–Crippen LogP) is 2.52. The van der Waals surface area contributed by atoms with Gasteiger partial charge in [0.2, 0.25) is 11.9 Å². The molecular weight excluding hydrogens is 288 g/mol. The summed E-state index contributed by atoms with van der Waals surface area (Å²) >= 11 is 6.20. The van der Waals surface area contributed by atoms with Gasteiger partial charge in [-0.05, 0) is 37.1 Å². The number of nitrogens with one attached hydrogen (secondary N) is 1. The molecule has 0 saturated heterocycles. The van der Waals surface area contributed by atoms with E-state index in [0.29, 0.717) is 5.95 Å². The second-order valence-corrected chi connectivity index (χ2v) is 5.33. The lowest BCUT2D eigenvalue weighted by Crippen LogP contribution is -2.41. The van der Waals surface area contributed by atoms with Gasteiger partial charge in [-0.3, -0.25) is 10.1 Å². The van der Waals surface area contributed by atoms with E-state index in [-0.39, 0.29) is 11.9 Å². The minimum Gasteiger partial charge on any atom is -0.359 e. The molecule has 0 fully saturated rings. The molecule has 2 aromatic rings. The molecule has 1 aromatic heterocycles. The Kier molecular flexibility index (Phi) is 3.75. The highest BCUT2D eigenvalue weighted by molar-refractivity contribution is 6.31. The van der Waals surface area contributed by atoms with Gasteiger partial charge in [0, 0.05) is 29.6 Å². The molecule has 0 saturated carbocycles. The number of benzene rings is 1. The van der Waals surface area contributed by atoms with E-state index in [1.165, 1.54) is 0 Å². The van der Waals surface area contributed by atoms with Crippen molar-refractivity contribution in [1.29, 1.82) is 0 Å². The molecule has 1 aliphatic rings. The van der Waals surface area contributed by atoms with Crippen LogP contribution < -0.4 is 10.2 Å². The van der Waals surface area contributed by atoms with Gasteiger partial charge < -0.3 is 4.90 Å². The van der Waals surface area contributed by atoms with Crippen molar-refractivity contribution in [3.05, 3.63) is 47.2 Å². The van der Waals surface area contributed by atoms with Crippen molar-refractivity contribution < 1.29 is 4.79 Å². The Morgan fingerprint density at radius 3 is 2.86 bits per heavy atom. The zero-order chi connectivity index (χ0) is 14.8. The lowest BCUT2D eigenvalue weighted by atomic mass is 10.1. The van der Waals surface area contributed by atoms with Crippen LogP contribution in [0.2, 0.25) is 5.02 Å². The molecule has 1 aliphatic heterocycles. The number of hydrogen-bond acceptors (Lipinski definition) is 4. The summed E-state index contributed by atoms with van der Waals surface area (Å²) in [5, 5.41) is 3.49. The van der Waals surface area contributed by atoms with E-state index in [4.69, 9.17) is 11.6 Å². The van der Waals surface area contributed by atoms with Gasteiger partial charge in [0.15, 0.2) is 0 Å². The zero-order valence-electron chi connectivity index (χ0n) is 11.6. The third-order valence-electron chi connectivity index (χ3n) is 3.65. The number of nitrogens with zero attached hydrogens (tertiary/aromatic N) is 3. The molecule has 5 nitrogen and oxygen atoms in total. The average Bonchev–Trinajstić information content (AvgIpc) is 2.93. The molecule has 0 unspecified atom stereocenters. The van der Waals surface area contributed by atoms with Gasteiger partial charge in [0.25, 0.3) is 0 Å². The van der Waals surface area contributed by atoms with Crippen LogP contribution in [0.4, 0.5) is 11.6 Å². The maximum atomic E-state index is 12.3. The van der Waals surface area contributed by atoms with Crippen LogP contribution in [-0.4, -0.2) is 28.5 Å². The van der Waals surface area contributed by atoms with Crippen molar-refractivity contribution in [3.63, 3.8) is 0 Å². The third-order valence-corrected chi connectivity index (χ3v) is 4.01. The van der Waals surface area contributed by atoms with E-state index in [1.54, 1.807) is 18.5 Å². The Morgan fingerprint density at radius 1 is 1.33 bits per heavy atom. The lowest BCUT2D eigenvalue weighted by molar-refractivity contribution is -0.117. The summed E-state index contributed by atoms with van der Waals surface area (Å²) in [4.78, 5) is 22.4. The van der Waals surface area contributed by atoms with Crippen LogP contribution in [0.1, 0.15) is 12.5 Å². The molecule has 0 bridgehead atoms. The largest absolute Gasteiger partial charge is 0.359 e. The molecule has 3 rings (SSSR count). The van der Waals surface area contributed by atoms with Gasteiger partial charge >= 0.3 is 0 Å². The van der Waals surface area contributed by atoms with Crippen molar-refractivity contribution in [2.45, 2.75) is 19.4 Å². The van der Waals surface area contributed by atoms with E-state index in [9.17, 15) is 4.79 Å². The summed E-state index contributed by atoms with van der Waals surface area (Å²) in [5.41, 5.74) is 2.13. The van der Waals surface area contributed by atoms with Gasteiger partial charge in [-0.15, -0.1) is 0 Å². The first-order chi connectivity index (χ1) is 10.2. The summed E-state index contributed by atoms with van der Waals surface area (Å²) in [6.07, 6.45) is 4.05. The number of halogens is 1. The number of fused-ring (bicyclic) bond motifs is 1. The van der Waals surface area contributed by atoms with Crippen molar-refractivity contribution >= 4 is 29.1 Å². The van der Waals surface area contributed by atoms with Crippen LogP contribution in [-0.2, 0) is 11.2 Å². The van der Waals surface area contributed by atoms with Gasteiger partial charge in [-0.25, -0.2) is 9.97 Å². The number of rotatable bonds is 3. The quantitative estimate of drug-likeness (QED) is 0.946. The van der Waals surface area contributed by atoms with E-state index in [0.717, 1.165) is 29.2 Å². The van der Waals surface area contributed by atoms with Crippen molar-refractivity contribution in [2.75, 3.05) is 16.8 Å². The molecular formula is C15H15ClN4O. The molecule has 0 radical (unpaired) electrons. The zero-order valence-corrected chi connectivity index (χ0v) is 12.3. The first kappa shape index (κ1) is 13.8. The fourth-order valence-corrected chi connectivity index (χ4v) is 2.80. The minimum absolute atomic E-state index is 0.131. The number of carbonyl (C=O) groups excluding carboxylic acids is 1. The van der Waals surface area contributed by atoms with Crippen molar-refractivity contribution in [2.24, 2.45) is 0 Å². The topological polar surface area (TPSA) is 58.1 Å². The summed E-state index contributed by atoms with van der Waals surface area (Å²) in [7, 11) is 0. The molecule has 0 aliphatic carbocycles. The first-order valence-corrected chi connectivity index (χ1v) is 7.16. The Balaban J connectivity index is 1.77. The van der Waals surface area contributed by atoms with Crippen LogP contribution in [0.25, 0.3) is 0 Å².